The lowest BCUT2D eigenvalue weighted by Crippen LogP contribution is -2.21. The van der Waals surface area contributed by atoms with Gasteiger partial charge in [-0.25, -0.2) is 4.98 Å². The van der Waals surface area contributed by atoms with Crippen LogP contribution < -0.4 is 10.5 Å². The molecule has 7 heteroatoms. The topological polar surface area (TPSA) is 104 Å². The molecule has 0 aromatic carbocycles. The second-order valence-electron chi connectivity index (χ2n) is 8.20. The van der Waals surface area contributed by atoms with Crippen LogP contribution in [0, 0.1) is 18.8 Å². The SMILES string of the molecule is Cc1nc(C(c2cc(C3CC3)c(OCC3CC3)nc2C(N)=O)C2CC2)no1. The Labute approximate surface area is 157 Å². The zero-order valence-electron chi connectivity index (χ0n) is 15.5. The van der Waals surface area contributed by atoms with E-state index in [9.17, 15) is 4.79 Å². The minimum absolute atomic E-state index is 0.104. The zero-order chi connectivity index (χ0) is 18.5. The van der Waals surface area contributed by atoms with Crippen molar-refractivity contribution in [3.63, 3.8) is 0 Å². The molecule has 0 radical (unpaired) electrons. The molecule has 0 bridgehead atoms. The Balaban J connectivity index is 1.58. The summed E-state index contributed by atoms with van der Waals surface area (Å²) in [6, 6.07) is 2.08. The summed E-state index contributed by atoms with van der Waals surface area (Å²) in [6.07, 6.45) is 6.84. The van der Waals surface area contributed by atoms with E-state index in [2.05, 4.69) is 21.2 Å². The van der Waals surface area contributed by atoms with Gasteiger partial charge in [0.1, 0.15) is 5.69 Å². The van der Waals surface area contributed by atoms with Crippen LogP contribution in [0.4, 0.5) is 0 Å². The molecule has 3 aliphatic rings. The van der Waals surface area contributed by atoms with E-state index >= 15 is 0 Å². The average Bonchev–Trinajstić information content (AvgIpc) is 3.51. The fourth-order valence-corrected chi connectivity index (χ4v) is 3.72. The fraction of sp³-hybridized carbons (Fsp3) is 0.600. The van der Waals surface area contributed by atoms with Crippen molar-refractivity contribution in [2.45, 2.75) is 57.3 Å². The third kappa shape index (κ3) is 3.42. The Morgan fingerprint density at radius 3 is 2.59 bits per heavy atom. The summed E-state index contributed by atoms with van der Waals surface area (Å²) in [4.78, 5) is 21.3. The first-order valence-electron chi connectivity index (χ1n) is 9.87. The Kier molecular flexibility index (Phi) is 3.91. The van der Waals surface area contributed by atoms with Gasteiger partial charge in [-0.1, -0.05) is 5.16 Å². The molecule has 7 nitrogen and oxygen atoms in total. The number of amides is 1. The quantitative estimate of drug-likeness (QED) is 0.768. The van der Waals surface area contributed by atoms with Gasteiger partial charge in [-0.15, -0.1) is 0 Å². The molecule has 2 N–H and O–H groups in total. The predicted octanol–water partition coefficient (Wildman–Crippen LogP) is 3.08. The highest BCUT2D eigenvalue weighted by atomic mass is 16.5. The van der Waals surface area contributed by atoms with E-state index in [1.165, 1.54) is 12.8 Å². The first-order valence-corrected chi connectivity index (χ1v) is 9.87. The van der Waals surface area contributed by atoms with Crippen molar-refractivity contribution in [3.05, 3.63) is 34.6 Å². The number of rotatable bonds is 8. The lowest BCUT2D eigenvalue weighted by Gasteiger charge is -2.19. The van der Waals surface area contributed by atoms with Gasteiger partial charge in [-0.05, 0) is 67.9 Å². The molecule has 1 amide bonds. The number of nitrogens with two attached hydrogens (primary N) is 1. The Hall–Kier alpha value is -2.44. The first kappa shape index (κ1) is 16.7. The summed E-state index contributed by atoms with van der Waals surface area (Å²) in [5.41, 5.74) is 7.92. The standard InChI is InChI=1S/C20H24N4O3/c1-10-22-19(24-27-10)16(13-6-7-13)15-8-14(12-4-5-12)20(23-17(15)18(21)25)26-9-11-2-3-11/h8,11-13,16H,2-7,9H2,1H3,(H2,21,25). The van der Waals surface area contributed by atoms with Gasteiger partial charge in [0.25, 0.3) is 5.91 Å². The van der Waals surface area contributed by atoms with E-state index in [4.69, 9.17) is 15.0 Å². The number of pyridine rings is 1. The van der Waals surface area contributed by atoms with Crippen LogP contribution in [-0.4, -0.2) is 27.6 Å². The molecule has 2 heterocycles. The normalized spacial score (nSPS) is 20.5. The predicted molar refractivity (Wildman–Crippen MR) is 96.6 cm³/mol. The van der Waals surface area contributed by atoms with Crippen LogP contribution in [-0.2, 0) is 0 Å². The van der Waals surface area contributed by atoms with E-state index in [1.54, 1.807) is 6.92 Å². The third-order valence-electron chi connectivity index (χ3n) is 5.70. The van der Waals surface area contributed by atoms with Crippen LogP contribution >= 0.6 is 0 Å². The molecule has 142 valence electrons. The number of hydrogen-bond donors (Lipinski definition) is 1. The summed E-state index contributed by atoms with van der Waals surface area (Å²) < 4.78 is 11.2. The van der Waals surface area contributed by atoms with E-state index in [0.717, 1.165) is 36.8 Å². The largest absolute Gasteiger partial charge is 0.477 e. The Bertz CT molecular complexity index is 881. The van der Waals surface area contributed by atoms with E-state index in [-0.39, 0.29) is 11.6 Å². The maximum Gasteiger partial charge on any atom is 0.267 e. The first-order chi connectivity index (χ1) is 13.1. The molecule has 2 aromatic heterocycles. The van der Waals surface area contributed by atoms with Crippen molar-refractivity contribution in [3.8, 4) is 5.88 Å². The summed E-state index contributed by atoms with van der Waals surface area (Å²) in [5, 5.41) is 4.14. The summed E-state index contributed by atoms with van der Waals surface area (Å²) in [7, 11) is 0. The van der Waals surface area contributed by atoms with Crippen LogP contribution in [0.5, 0.6) is 5.88 Å². The third-order valence-corrected chi connectivity index (χ3v) is 5.70. The van der Waals surface area contributed by atoms with Crippen molar-refractivity contribution in [1.29, 1.82) is 0 Å². The van der Waals surface area contributed by atoms with E-state index < -0.39 is 5.91 Å². The van der Waals surface area contributed by atoms with Gasteiger partial charge in [-0.3, -0.25) is 4.79 Å². The van der Waals surface area contributed by atoms with Crippen molar-refractivity contribution in [2.75, 3.05) is 6.61 Å². The smallest absolute Gasteiger partial charge is 0.267 e. The molecule has 3 aliphatic carbocycles. The molecule has 3 fully saturated rings. The van der Waals surface area contributed by atoms with Gasteiger partial charge in [-0.2, -0.15) is 4.98 Å². The number of hydrogen-bond acceptors (Lipinski definition) is 6. The van der Waals surface area contributed by atoms with Crippen molar-refractivity contribution in [1.82, 2.24) is 15.1 Å². The molecular weight excluding hydrogens is 344 g/mol. The molecule has 3 saturated carbocycles. The summed E-state index contributed by atoms with van der Waals surface area (Å²) in [6.45, 7) is 2.44. The Morgan fingerprint density at radius 2 is 2.04 bits per heavy atom. The highest BCUT2D eigenvalue weighted by Crippen LogP contribution is 2.50. The maximum atomic E-state index is 12.2. The average molecular weight is 368 g/mol. The minimum atomic E-state index is -0.533. The lowest BCUT2D eigenvalue weighted by molar-refractivity contribution is 0.0992. The highest BCUT2D eigenvalue weighted by Gasteiger charge is 2.40. The van der Waals surface area contributed by atoms with Gasteiger partial charge in [0.15, 0.2) is 5.82 Å². The molecule has 5 rings (SSSR count). The second kappa shape index (κ2) is 6.32. The van der Waals surface area contributed by atoms with E-state index in [0.29, 0.717) is 42.0 Å². The van der Waals surface area contributed by atoms with Crippen molar-refractivity contribution >= 4 is 5.91 Å². The molecular formula is C20H24N4O3. The maximum absolute atomic E-state index is 12.2. The number of aryl methyl sites for hydroxylation is 1. The van der Waals surface area contributed by atoms with E-state index in [1.807, 2.05) is 0 Å². The zero-order valence-corrected chi connectivity index (χ0v) is 15.5. The number of aromatic nitrogens is 3. The summed E-state index contributed by atoms with van der Waals surface area (Å²) >= 11 is 0. The van der Waals surface area contributed by atoms with Crippen LogP contribution in [0.2, 0.25) is 0 Å². The van der Waals surface area contributed by atoms with Gasteiger partial charge in [0.2, 0.25) is 11.8 Å². The van der Waals surface area contributed by atoms with Crippen LogP contribution in [0.25, 0.3) is 0 Å². The highest BCUT2D eigenvalue weighted by molar-refractivity contribution is 5.93. The van der Waals surface area contributed by atoms with Crippen LogP contribution in [0.15, 0.2) is 10.6 Å². The molecule has 1 atom stereocenters. The lowest BCUT2D eigenvalue weighted by atomic mass is 9.90. The minimum Gasteiger partial charge on any atom is -0.477 e. The number of primary amides is 1. The van der Waals surface area contributed by atoms with Crippen LogP contribution in [0.1, 0.15) is 83.7 Å². The summed E-state index contributed by atoms with van der Waals surface area (Å²) in [5.74, 6) is 2.56. The Morgan fingerprint density at radius 1 is 1.26 bits per heavy atom. The molecule has 1 unspecified atom stereocenters. The fourth-order valence-electron chi connectivity index (χ4n) is 3.72. The van der Waals surface area contributed by atoms with Gasteiger partial charge < -0.3 is 15.0 Å². The van der Waals surface area contributed by atoms with Gasteiger partial charge in [0, 0.05) is 12.5 Å². The molecule has 2 aromatic rings. The molecule has 0 aliphatic heterocycles. The molecule has 0 saturated heterocycles. The van der Waals surface area contributed by atoms with Crippen LogP contribution in [0.3, 0.4) is 0 Å². The molecule has 0 spiro atoms. The van der Waals surface area contributed by atoms with Gasteiger partial charge in [0.05, 0.1) is 12.5 Å². The number of carbonyl (C=O) groups is 1. The monoisotopic (exact) mass is 368 g/mol. The van der Waals surface area contributed by atoms with Crippen molar-refractivity contribution < 1.29 is 14.1 Å². The number of carbonyl (C=O) groups excluding carboxylic acids is 1. The van der Waals surface area contributed by atoms with Gasteiger partial charge >= 0.3 is 0 Å². The molecule has 27 heavy (non-hydrogen) atoms. The second-order valence-corrected chi connectivity index (χ2v) is 8.20. The number of ether oxygens (including phenoxy) is 1. The van der Waals surface area contributed by atoms with Crippen molar-refractivity contribution in [2.24, 2.45) is 17.6 Å². The number of nitrogens with zero attached hydrogens (tertiary/aromatic N) is 3.